The Balaban J connectivity index is 2.32. The van der Waals surface area contributed by atoms with Gasteiger partial charge in [0.1, 0.15) is 11.4 Å². The van der Waals surface area contributed by atoms with Crippen LogP contribution in [0.25, 0.3) is 16.5 Å². The summed E-state index contributed by atoms with van der Waals surface area (Å²) in [4.78, 5) is 12.9. The molecule has 0 radical (unpaired) electrons. The summed E-state index contributed by atoms with van der Waals surface area (Å²) in [6.07, 6.45) is 3.46. The van der Waals surface area contributed by atoms with Crippen LogP contribution in [0.5, 0.6) is 5.75 Å². The van der Waals surface area contributed by atoms with E-state index in [0.717, 1.165) is 0 Å². The second kappa shape index (κ2) is 4.38. The predicted molar refractivity (Wildman–Crippen MR) is 65.2 cm³/mol. The van der Waals surface area contributed by atoms with Crippen molar-refractivity contribution in [2.75, 3.05) is 6.54 Å². The van der Waals surface area contributed by atoms with Gasteiger partial charge >= 0.3 is 0 Å². The van der Waals surface area contributed by atoms with E-state index in [-0.39, 0.29) is 12.2 Å². The van der Waals surface area contributed by atoms with Crippen LogP contribution in [0, 0.1) is 10.1 Å². The van der Waals surface area contributed by atoms with Gasteiger partial charge in [-0.25, -0.2) is 0 Å². The van der Waals surface area contributed by atoms with E-state index in [0.29, 0.717) is 11.3 Å². The summed E-state index contributed by atoms with van der Waals surface area (Å²) in [7, 11) is 0. The van der Waals surface area contributed by atoms with E-state index < -0.39 is 10.5 Å². The number of hydrogen-bond acceptors (Lipinski definition) is 4. The van der Waals surface area contributed by atoms with Gasteiger partial charge in [0.2, 0.25) is 0 Å². The van der Waals surface area contributed by atoms with Crippen LogP contribution in [0.4, 0.5) is 5.69 Å². The number of nitro benzene ring substituents is 1. The Hall–Kier alpha value is -2.53. The van der Waals surface area contributed by atoms with Crippen molar-refractivity contribution in [1.29, 1.82) is 0 Å². The van der Waals surface area contributed by atoms with Crippen molar-refractivity contribution in [2.45, 2.75) is 12.5 Å². The van der Waals surface area contributed by atoms with Crippen molar-refractivity contribution in [3.8, 4) is 5.75 Å². The predicted octanol–water partition coefficient (Wildman–Crippen LogP) is 3.07. The maximum Gasteiger partial charge on any atom is 0.270 e. The monoisotopic (exact) mass is 246 g/mol. The van der Waals surface area contributed by atoms with E-state index in [1.807, 2.05) is 0 Å². The summed E-state index contributed by atoms with van der Waals surface area (Å²) in [5.41, 5.74) is 8.25. The number of nitro groups is 1. The molecular weight excluding hydrogens is 236 g/mol. The van der Waals surface area contributed by atoms with Crippen LogP contribution in [0.1, 0.15) is 12.5 Å². The Morgan fingerprint density at radius 2 is 2.39 bits per heavy atom. The van der Waals surface area contributed by atoms with Crippen molar-refractivity contribution < 1.29 is 9.66 Å². The molecule has 0 aromatic heterocycles. The Kier molecular flexibility index (Phi) is 2.91. The molecule has 0 aliphatic carbocycles. The topological polar surface area (TPSA) is 101 Å². The lowest BCUT2D eigenvalue weighted by Crippen LogP contribution is -2.35. The number of non-ortho nitro benzene ring substituents is 1. The summed E-state index contributed by atoms with van der Waals surface area (Å²) in [6, 6.07) is 4.37. The summed E-state index contributed by atoms with van der Waals surface area (Å²) in [5.74, 6) is 0.540. The zero-order chi connectivity index (χ0) is 13.2. The average molecular weight is 246 g/mol. The molecule has 1 heterocycles. The third-order valence-electron chi connectivity index (χ3n) is 2.61. The Morgan fingerprint density at radius 1 is 1.61 bits per heavy atom. The molecule has 1 atom stereocenters. The molecule has 7 heteroatoms. The minimum atomic E-state index is -0.713. The van der Waals surface area contributed by atoms with Crippen molar-refractivity contribution in [3.63, 3.8) is 0 Å². The number of benzene rings is 1. The zero-order valence-corrected chi connectivity index (χ0v) is 9.61. The molecule has 0 bridgehead atoms. The average Bonchev–Trinajstić information content (AvgIpc) is 2.35. The third kappa shape index (κ3) is 2.26. The number of fused-ring (bicyclic) bond motifs is 1. The molecule has 0 N–H and O–H groups in total. The van der Waals surface area contributed by atoms with E-state index in [2.05, 4.69) is 10.0 Å². The van der Waals surface area contributed by atoms with Gasteiger partial charge in [-0.05, 0) is 24.6 Å². The van der Waals surface area contributed by atoms with Gasteiger partial charge in [0, 0.05) is 22.6 Å². The minimum absolute atomic E-state index is 0.0145. The van der Waals surface area contributed by atoms with Crippen LogP contribution in [0.15, 0.2) is 29.4 Å². The highest BCUT2D eigenvalue weighted by Gasteiger charge is 2.27. The highest BCUT2D eigenvalue weighted by Crippen LogP contribution is 2.33. The van der Waals surface area contributed by atoms with Gasteiger partial charge < -0.3 is 4.74 Å². The van der Waals surface area contributed by atoms with Gasteiger partial charge in [0.15, 0.2) is 0 Å². The summed E-state index contributed by atoms with van der Waals surface area (Å²) in [5, 5.41) is 14.1. The van der Waals surface area contributed by atoms with E-state index >= 15 is 0 Å². The molecule has 0 amide bonds. The number of ether oxygens (including phenoxy) is 1. The molecular formula is C11H10N4O3. The Bertz CT molecular complexity index is 578. The van der Waals surface area contributed by atoms with Crippen LogP contribution in [-0.4, -0.2) is 17.1 Å². The van der Waals surface area contributed by atoms with Gasteiger partial charge in [-0.3, -0.25) is 10.1 Å². The first-order valence-corrected chi connectivity index (χ1v) is 5.22. The van der Waals surface area contributed by atoms with Gasteiger partial charge in [-0.15, -0.1) is 0 Å². The molecule has 92 valence electrons. The maximum atomic E-state index is 10.6. The largest absolute Gasteiger partial charge is 0.483 e. The molecule has 2 rings (SSSR count). The molecule has 7 nitrogen and oxygen atoms in total. The lowest BCUT2D eigenvalue weighted by molar-refractivity contribution is -0.384. The Labute approximate surface area is 102 Å². The fourth-order valence-corrected chi connectivity index (χ4v) is 1.68. The molecule has 18 heavy (non-hydrogen) atoms. The smallest absolute Gasteiger partial charge is 0.270 e. The summed E-state index contributed by atoms with van der Waals surface area (Å²) < 4.78 is 5.68. The Morgan fingerprint density at radius 3 is 3.06 bits per heavy atom. The van der Waals surface area contributed by atoms with Gasteiger partial charge in [0.05, 0.1) is 11.5 Å². The van der Waals surface area contributed by atoms with Crippen molar-refractivity contribution in [3.05, 3.63) is 50.4 Å². The highest BCUT2D eigenvalue weighted by molar-refractivity contribution is 5.64. The lowest BCUT2D eigenvalue weighted by Gasteiger charge is -2.30. The van der Waals surface area contributed by atoms with Crippen LogP contribution >= 0.6 is 0 Å². The first-order valence-electron chi connectivity index (χ1n) is 5.22. The minimum Gasteiger partial charge on any atom is -0.483 e. The number of hydrogen-bond donors (Lipinski definition) is 0. The second-order valence-electron chi connectivity index (χ2n) is 4.12. The van der Waals surface area contributed by atoms with Gasteiger partial charge in [0.25, 0.3) is 5.69 Å². The number of rotatable bonds is 3. The molecule has 1 aromatic rings. The molecule has 0 saturated carbocycles. The molecule has 1 aliphatic rings. The fraction of sp³-hybridized carbons (Fsp3) is 0.273. The molecule has 0 spiro atoms. The van der Waals surface area contributed by atoms with E-state index in [4.69, 9.17) is 10.3 Å². The van der Waals surface area contributed by atoms with Crippen LogP contribution < -0.4 is 4.74 Å². The lowest BCUT2D eigenvalue weighted by atomic mass is 10.0. The van der Waals surface area contributed by atoms with Crippen molar-refractivity contribution in [1.82, 2.24) is 0 Å². The maximum absolute atomic E-state index is 10.6. The van der Waals surface area contributed by atoms with Crippen LogP contribution in [0.2, 0.25) is 0 Å². The van der Waals surface area contributed by atoms with Crippen LogP contribution in [0.3, 0.4) is 0 Å². The standard InChI is InChI=1S/C11H10N4O3/c1-11(7-13-14-12)5-4-8-6-9(15(16)17)2-3-10(8)18-11/h2-6H,7H2,1H3. The second-order valence-corrected chi connectivity index (χ2v) is 4.12. The molecule has 0 fully saturated rings. The van der Waals surface area contributed by atoms with E-state index in [9.17, 15) is 10.1 Å². The normalized spacial score (nSPS) is 20.5. The van der Waals surface area contributed by atoms with Gasteiger partial charge in [-0.2, -0.15) is 0 Å². The molecule has 1 aliphatic heterocycles. The summed E-state index contributed by atoms with van der Waals surface area (Å²) in [6.45, 7) is 1.94. The first kappa shape index (κ1) is 11.9. The fourth-order valence-electron chi connectivity index (χ4n) is 1.68. The number of azide groups is 1. The highest BCUT2D eigenvalue weighted by atomic mass is 16.6. The third-order valence-corrected chi connectivity index (χ3v) is 2.61. The molecule has 1 aromatic carbocycles. The van der Waals surface area contributed by atoms with Gasteiger partial charge in [-0.1, -0.05) is 11.2 Å². The van der Waals surface area contributed by atoms with Crippen molar-refractivity contribution >= 4 is 11.8 Å². The first-order chi connectivity index (χ1) is 8.54. The summed E-state index contributed by atoms with van der Waals surface area (Å²) >= 11 is 0. The zero-order valence-electron chi connectivity index (χ0n) is 9.61. The SMILES string of the molecule is CC1(CN=[N+]=[N-])C=Cc2cc([N+](=O)[O-])ccc2O1. The quantitative estimate of drug-likeness (QED) is 0.269. The number of nitrogens with zero attached hydrogens (tertiary/aromatic N) is 4. The van der Waals surface area contributed by atoms with E-state index in [1.54, 1.807) is 25.1 Å². The van der Waals surface area contributed by atoms with Crippen LogP contribution in [-0.2, 0) is 0 Å². The van der Waals surface area contributed by atoms with Crippen molar-refractivity contribution in [2.24, 2.45) is 5.11 Å². The molecule has 0 saturated heterocycles. The molecule has 1 unspecified atom stereocenters. The van der Waals surface area contributed by atoms with E-state index in [1.165, 1.54) is 12.1 Å².